The lowest BCUT2D eigenvalue weighted by molar-refractivity contribution is 0.0696. The minimum Gasteiger partial charge on any atom is -0.496 e. The van der Waals surface area contributed by atoms with Gasteiger partial charge in [-0.15, -0.1) is 0 Å². The van der Waals surface area contributed by atoms with E-state index in [0.717, 1.165) is 6.07 Å². The molecule has 1 saturated heterocycles. The highest BCUT2D eigenvalue weighted by molar-refractivity contribution is 7.89. The number of methoxy groups -OCH3 is 1. The third-order valence-corrected chi connectivity index (χ3v) is 6.12. The summed E-state index contributed by atoms with van der Waals surface area (Å²) in [5.74, 6) is -1.79. The van der Waals surface area contributed by atoms with Gasteiger partial charge < -0.3 is 14.6 Å². The first-order valence-corrected chi connectivity index (χ1v) is 9.58. The number of carbonyl (C=O) groups is 1. The minimum atomic E-state index is -3.95. The van der Waals surface area contributed by atoms with Crippen molar-refractivity contribution in [3.63, 3.8) is 0 Å². The number of benzene rings is 2. The van der Waals surface area contributed by atoms with Crippen LogP contribution < -0.4 is 4.74 Å². The van der Waals surface area contributed by atoms with E-state index < -0.39 is 21.8 Å². The molecule has 0 amide bonds. The van der Waals surface area contributed by atoms with Crippen molar-refractivity contribution < 1.29 is 32.2 Å². The van der Waals surface area contributed by atoms with Crippen molar-refractivity contribution in [3.8, 4) is 16.9 Å². The lowest BCUT2D eigenvalue weighted by atomic mass is 10.0. The van der Waals surface area contributed by atoms with Gasteiger partial charge in [-0.1, -0.05) is 6.07 Å². The Kier molecular flexibility index (Phi) is 5.45. The van der Waals surface area contributed by atoms with E-state index in [1.165, 1.54) is 41.7 Å². The Hall–Kier alpha value is -2.49. The molecule has 144 valence electrons. The molecule has 1 fully saturated rings. The molecule has 0 atom stereocenters. The van der Waals surface area contributed by atoms with Gasteiger partial charge in [0.2, 0.25) is 10.0 Å². The van der Waals surface area contributed by atoms with E-state index >= 15 is 0 Å². The molecule has 0 aromatic heterocycles. The second-order valence-electron chi connectivity index (χ2n) is 5.88. The number of rotatable bonds is 5. The van der Waals surface area contributed by atoms with E-state index in [2.05, 4.69) is 0 Å². The van der Waals surface area contributed by atoms with Crippen LogP contribution >= 0.6 is 0 Å². The highest BCUT2D eigenvalue weighted by atomic mass is 32.2. The minimum absolute atomic E-state index is 0.00141. The molecule has 1 aliphatic rings. The Balaban J connectivity index is 2.19. The lowest BCUT2D eigenvalue weighted by Gasteiger charge is -2.26. The molecule has 3 rings (SSSR count). The van der Waals surface area contributed by atoms with Crippen LogP contribution in [0.1, 0.15) is 10.4 Å². The zero-order valence-electron chi connectivity index (χ0n) is 14.5. The van der Waals surface area contributed by atoms with Gasteiger partial charge in [-0.2, -0.15) is 4.31 Å². The Labute approximate surface area is 156 Å². The fourth-order valence-corrected chi connectivity index (χ4v) is 4.39. The van der Waals surface area contributed by atoms with Crippen molar-refractivity contribution in [1.29, 1.82) is 0 Å². The van der Waals surface area contributed by atoms with Crippen molar-refractivity contribution in [2.45, 2.75) is 4.90 Å². The SMILES string of the molecule is COc1cccc(F)c1-c1cc(C(=O)O)cc(S(=O)(=O)N2CCOCC2)c1. The fourth-order valence-electron chi connectivity index (χ4n) is 2.91. The van der Waals surface area contributed by atoms with Crippen LogP contribution in [0.5, 0.6) is 5.75 Å². The van der Waals surface area contributed by atoms with Crippen molar-refractivity contribution >= 4 is 16.0 Å². The van der Waals surface area contributed by atoms with Crippen molar-refractivity contribution in [2.24, 2.45) is 0 Å². The maximum Gasteiger partial charge on any atom is 0.335 e. The summed E-state index contributed by atoms with van der Waals surface area (Å²) < 4.78 is 51.9. The second-order valence-corrected chi connectivity index (χ2v) is 7.82. The number of halogens is 1. The molecule has 2 aromatic rings. The summed E-state index contributed by atoms with van der Waals surface area (Å²) in [6, 6.07) is 7.72. The summed E-state index contributed by atoms with van der Waals surface area (Å²) in [6.07, 6.45) is 0. The highest BCUT2D eigenvalue weighted by Crippen LogP contribution is 2.35. The van der Waals surface area contributed by atoms with E-state index in [4.69, 9.17) is 9.47 Å². The number of carboxylic acid groups (broad SMARTS) is 1. The van der Waals surface area contributed by atoms with Crippen LogP contribution in [0, 0.1) is 5.82 Å². The number of hydrogen-bond donors (Lipinski definition) is 1. The first kappa shape index (κ1) is 19.3. The van der Waals surface area contributed by atoms with Gasteiger partial charge in [0, 0.05) is 13.1 Å². The predicted molar refractivity (Wildman–Crippen MR) is 94.9 cm³/mol. The molecule has 27 heavy (non-hydrogen) atoms. The van der Waals surface area contributed by atoms with Gasteiger partial charge in [0.25, 0.3) is 0 Å². The zero-order chi connectivity index (χ0) is 19.6. The zero-order valence-corrected chi connectivity index (χ0v) is 15.3. The molecule has 0 bridgehead atoms. The van der Waals surface area contributed by atoms with Gasteiger partial charge in [0.1, 0.15) is 11.6 Å². The maximum absolute atomic E-state index is 14.4. The summed E-state index contributed by atoms with van der Waals surface area (Å²) in [5, 5.41) is 9.40. The standard InChI is InChI=1S/C18H18FNO6S/c1-25-16-4-2-3-15(19)17(16)12-9-13(18(21)22)11-14(10-12)27(23,24)20-5-7-26-8-6-20/h2-4,9-11H,5-8H2,1H3,(H,21,22). The van der Waals surface area contributed by atoms with Crippen LogP contribution in [0.25, 0.3) is 11.1 Å². The number of hydrogen-bond acceptors (Lipinski definition) is 5. The predicted octanol–water partition coefficient (Wildman–Crippen LogP) is 2.22. The molecule has 7 nitrogen and oxygen atoms in total. The van der Waals surface area contributed by atoms with Crippen LogP contribution in [0.4, 0.5) is 4.39 Å². The van der Waals surface area contributed by atoms with E-state index in [9.17, 15) is 22.7 Å². The van der Waals surface area contributed by atoms with E-state index in [1.807, 2.05) is 0 Å². The van der Waals surface area contributed by atoms with Gasteiger partial charge in [-0.05, 0) is 35.9 Å². The topological polar surface area (TPSA) is 93.1 Å². The molecule has 1 heterocycles. The maximum atomic E-state index is 14.4. The molecule has 0 saturated carbocycles. The van der Waals surface area contributed by atoms with E-state index in [-0.39, 0.29) is 53.6 Å². The summed E-state index contributed by atoms with van der Waals surface area (Å²) in [6.45, 7) is 0.841. The van der Waals surface area contributed by atoms with E-state index in [0.29, 0.717) is 0 Å². The van der Waals surface area contributed by atoms with Gasteiger partial charge in [-0.25, -0.2) is 17.6 Å². The van der Waals surface area contributed by atoms with E-state index in [1.54, 1.807) is 0 Å². The average Bonchev–Trinajstić information content (AvgIpc) is 2.68. The Morgan fingerprint density at radius 3 is 2.56 bits per heavy atom. The van der Waals surface area contributed by atoms with Gasteiger partial charge >= 0.3 is 5.97 Å². The molecule has 1 N–H and O–H groups in total. The van der Waals surface area contributed by atoms with Crippen LogP contribution in [-0.2, 0) is 14.8 Å². The largest absolute Gasteiger partial charge is 0.496 e. The first-order chi connectivity index (χ1) is 12.8. The molecule has 1 aliphatic heterocycles. The number of aromatic carboxylic acids is 1. The Morgan fingerprint density at radius 2 is 1.93 bits per heavy atom. The Morgan fingerprint density at radius 1 is 1.22 bits per heavy atom. The summed E-state index contributed by atoms with van der Waals surface area (Å²) in [7, 11) is -2.60. The molecule has 9 heteroatoms. The van der Waals surface area contributed by atoms with Gasteiger partial charge in [-0.3, -0.25) is 0 Å². The first-order valence-electron chi connectivity index (χ1n) is 8.13. The lowest BCUT2D eigenvalue weighted by Crippen LogP contribution is -2.40. The second kappa shape index (κ2) is 7.63. The van der Waals surface area contributed by atoms with Crippen molar-refractivity contribution in [2.75, 3.05) is 33.4 Å². The molecule has 0 radical (unpaired) electrons. The third-order valence-electron chi connectivity index (χ3n) is 4.25. The van der Waals surface area contributed by atoms with Gasteiger partial charge in [0.05, 0.1) is 36.3 Å². The number of morpholine rings is 1. The monoisotopic (exact) mass is 395 g/mol. The Bertz CT molecular complexity index is 970. The molecular formula is C18H18FNO6S. The highest BCUT2D eigenvalue weighted by Gasteiger charge is 2.28. The van der Waals surface area contributed by atoms with Crippen LogP contribution in [-0.4, -0.2) is 57.2 Å². The molecule has 2 aromatic carbocycles. The molecule has 0 aliphatic carbocycles. The number of carboxylic acids is 1. The van der Waals surface area contributed by atoms with Gasteiger partial charge in [0.15, 0.2) is 0 Å². The van der Waals surface area contributed by atoms with Crippen molar-refractivity contribution in [3.05, 3.63) is 47.8 Å². The number of ether oxygens (including phenoxy) is 2. The molecular weight excluding hydrogens is 377 g/mol. The number of sulfonamides is 1. The molecule has 0 unspecified atom stereocenters. The van der Waals surface area contributed by atoms with Crippen LogP contribution in [0.3, 0.4) is 0 Å². The normalized spacial score (nSPS) is 15.5. The summed E-state index contributed by atoms with van der Waals surface area (Å²) in [4.78, 5) is 11.3. The fraction of sp³-hybridized carbons (Fsp3) is 0.278. The van der Waals surface area contributed by atoms with Crippen LogP contribution in [0.15, 0.2) is 41.3 Å². The smallest absolute Gasteiger partial charge is 0.335 e. The average molecular weight is 395 g/mol. The quantitative estimate of drug-likeness (QED) is 0.835. The third kappa shape index (κ3) is 3.80. The number of nitrogens with zero attached hydrogens (tertiary/aromatic N) is 1. The summed E-state index contributed by atoms with van der Waals surface area (Å²) in [5.41, 5.74) is -0.150. The molecule has 0 spiro atoms. The van der Waals surface area contributed by atoms with Crippen molar-refractivity contribution in [1.82, 2.24) is 4.31 Å². The van der Waals surface area contributed by atoms with Crippen LogP contribution in [0.2, 0.25) is 0 Å². The summed E-state index contributed by atoms with van der Waals surface area (Å²) >= 11 is 0.